The molecule has 2 aromatic carbocycles. The third-order valence-corrected chi connectivity index (χ3v) is 2.78. The van der Waals surface area contributed by atoms with Gasteiger partial charge < -0.3 is 20.1 Å². The van der Waals surface area contributed by atoms with Crippen LogP contribution in [0.2, 0.25) is 0 Å². The first-order chi connectivity index (χ1) is 11.1. The van der Waals surface area contributed by atoms with Crippen molar-refractivity contribution in [2.45, 2.75) is 6.92 Å². The lowest BCUT2D eigenvalue weighted by Crippen LogP contribution is -2.32. The maximum absolute atomic E-state index is 13.4. The second-order valence-electron chi connectivity index (χ2n) is 4.45. The maximum atomic E-state index is 13.4. The molecular formula is C16H16F2N2O3. The molecule has 0 spiro atoms. The van der Waals surface area contributed by atoms with Crippen molar-refractivity contribution in [3.63, 3.8) is 0 Å². The Balaban J connectivity index is 1.79. The minimum atomic E-state index is -0.728. The van der Waals surface area contributed by atoms with Crippen molar-refractivity contribution in [1.82, 2.24) is 5.32 Å². The average molecular weight is 322 g/mol. The number of halogens is 2. The molecule has 2 aromatic rings. The lowest BCUT2D eigenvalue weighted by Gasteiger charge is -2.10. The van der Waals surface area contributed by atoms with E-state index in [9.17, 15) is 13.6 Å². The van der Waals surface area contributed by atoms with Crippen LogP contribution in [-0.2, 0) is 0 Å². The lowest BCUT2D eigenvalue weighted by atomic mass is 10.3. The highest BCUT2D eigenvalue weighted by Crippen LogP contribution is 2.17. The van der Waals surface area contributed by atoms with Gasteiger partial charge in [-0.05, 0) is 43.3 Å². The van der Waals surface area contributed by atoms with Crippen LogP contribution in [0.1, 0.15) is 6.92 Å². The number of anilines is 1. The number of hydrogen-bond donors (Lipinski definition) is 2. The van der Waals surface area contributed by atoms with Gasteiger partial charge in [0.2, 0.25) is 0 Å². The number of hydrogen-bond acceptors (Lipinski definition) is 3. The fourth-order valence-corrected chi connectivity index (χ4v) is 1.74. The van der Waals surface area contributed by atoms with Gasteiger partial charge in [0.1, 0.15) is 23.1 Å². The van der Waals surface area contributed by atoms with E-state index in [2.05, 4.69) is 10.6 Å². The van der Waals surface area contributed by atoms with Gasteiger partial charge in [-0.3, -0.25) is 0 Å². The molecule has 0 radical (unpaired) electrons. The Kier molecular flexibility index (Phi) is 5.74. The van der Waals surface area contributed by atoms with Gasteiger partial charge in [0, 0.05) is 6.07 Å². The number of urea groups is 1. The Morgan fingerprint density at radius 3 is 2.35 bits per heavy atom. The zero-order valence-corrected chi connectivity index (χ0v) is 12.4. The van der Waals surface area contributed by atoms with Crippen LogP contribution in [0.25, 0.3) is 0 Å². The Morgan fingerprint density at radius 2 is 1.70 bits per heavy atom. The van der Waals surface area contributed by atoms with Crippen molar-refractivity contribution < 1.29 is 23.0 Å². The van der Waals surface area contributed by atoms with E-state index in [1.165, 1.54) is 0 Å². The molecule has 5 nitrogen and oxygen atoms in total. The summed E-state index contributed by atoms with van der Waals surface area (Å²) in [6.45, 7) is 2.32. The molecule has 0 atom stereocenters. The molecule has 0 aliphatic carbocycles. The van der Waals surface area contributed by atoms with E-state index >= 15 is 0 Å². The van der Waals surface area contributed by atoms with E-state index in [1.807, 2.05) is 6.92 Å². The minimum Gasteiger partial charge on any atom is -0.494 e. The molecule has 0 saturated carbocycles. The summed E-state index contributed by atoms with van der Waals surface area (Å²) in [5, 5.41) is 4.57. The molecule has 0 heterocycles. The SMILES string of the molecule is CCOc1ccc(OCNC(=O)Nc2cc(F)ccc2F)cc1. The molecule has 0 aliphatic heterocycles. The van der Waals surface area contributed by atoms with Gasteiger partial charge in [-0.2, -0.15) is 0 Å². The molecule has 0 bridgehead atoms. The number of carbonyl (C=O) groups excluding carboxylic acids is 1. The molecule has 2 N–H and O–H groups in total. The lowest BCUT2D eigenvalue weighted by molar-refractivity contribution is 0.234. The first kappa shape index (κ1) is 16.5. The topological polar surface area (TPSA) is 59.6 Å². The van der Waals surface area contributed by atoms with Gasteiger partial charge in [-0.1, -0.05) is 0 Å². The molecular weight excluding hydrogens is 306 g/mol. The van der Waals surface area contributed by atoms with E-state index < -0.39 is 17.7 Å². The van der Waals surface area contributed by atoms with Crippen molar-refractivity contribution in [1.29, 1.82) is 0 Å². The predicted octanol–water partition coefficient (Wildman–Crippen LogP) is 3.52. The normalized spacial score (nSPS) is 10.0. The van der Waals surface area contributed by atoms with Crippen molar-refractivity contribution in [3.8, 4) is 11.5 Å². The highest BCUT2D eigenvalue weighted by Gasteiger charge is 2.07. The molecule has 0 aromatic heterocycles. The van der Waals surface area contributed by atoms with Crippen LogP contribution < -0.4 is 20.1 Å². The molecule has 0 unspecified atom stereocenters. The smallest absolute Gasteiger partial charge is 0.321 e. The first-order valence-corrected chi connectivity index (χ1v) is 6.94. The minimum absolute atomic E-state index is 0.128. The van der Waals surface area contributed by atoms with E-state index in [4.69, 9.17) is 9.47 Å². The molecule has 7 heteroatoms. The van der Waals surface area contributed by atoms with Crippen LogP contribution in [0.3, 0.4) is 0 Å². The molecule has 0 saturated heterocycles. The Bertz CT molecular complexity index is 663. The predicted molar refractivity (Wildman–Crippen MR) is 81.6 cm³/mol. The summed E-state index contributed by atoms with van der Waals surface area (Å²) in [5.41, 5.74) is -0.247. The van der Waals surface area contributed by atoms with Crippen LogP contribution in [0.4, 0.5) is 19.3 Å². The van der Waals surface area contributed by atoms with Gasteiger partial charge in [0.05, 0.1) is 12.3 Å². The van der Waals surface area contributed by atoms with Crippen LogP contribution in [0, 0.1) is 11.6 Å². The second kappa shape index (κ2) is 7.98. The number of amides is 2. The second-order valence-corrected chi connectivity index (χ2v) is 4.45. The Hall–Kier alpha value is -2.83. The maximum Gasteiger partial charge on any atom is 0.321 e. The number of rotatable bonds is 6. The number of nitrogens with one attached hydrogen (secondary N) is 2. The Labute approximate surface area is 132 Å². The third-order valence-electron chi connectivity index (χ3n) is 2.78. The largest absolute Gasteiger partial charge is 0.494 e. The quantitative estimate of drug-likeness (QED) is 0.800. The summed E-state index contributed by atoms with van der Waals surface area (Å²) in [5.74, 6) is -0.126. The summed E-state index contributed by atoms with van der Waals surface area (Å²) in [6, 6.07) is 8.94. The molecule has 0 fully saturated rings. The highest BCUT2D eigenvalue weighted by molar-refractivity contribution is 5.89. The van der Waals surface area contributed by atoms with E-state index in [0.717, 1.165) is 18.2 Å². The zero-order valence-electron chi connectivity index (χ0n) is 12.4. The summed E-state index contributed by atoms with van der Waals surface area (Å²) < 4.78 is 36.9. The average Bonchev–Trinajstić information content (AvgIpc) is 2.53. The van der Waals surface area contributed by atoms with Gasteiger partial charge in [0.15, 0.2) is 6.73 Å². The van der Waals surface area contributed by atoms with Gasteiger partial charge in [-0.15, -0.1) is 0 Å². The van der Waals surface area contributed by atoms with E-state index in [0.29, 0.717) is 18.1 Å². The number of benzene rings is 2. The van der Waals surface area contributed by atoms with Gasteiger partial charge in [0.25, 0.3) is 0 Å². The highest BCUT2D eigenvalue weighted by atomic mass is 19.1. The van der Waals surface area contributed by atoms with Crippen molar-refractivity contribution in [2.75, 3.05) is 18.7 Å². The van der Waals surface area contributed by atoms with E-state index in [1.54, 1.807) is 24.3 Å². The molecule has 0 aliphatic rings. The number of ether oxygens (including phenoxy) is 2. The summed E-state index contributed by atoms with van der Waals surface area (Å²) >= 11 is 0. The number of carbonyl (C=O) groups is 1. The van der Waals surface area contributed by atoms with Gasteiger partial charge in [-0.25, -0.2) is 13.6 Å². The monoisotopic (exact) mass is 322 g/mol. The summed E-state index contributed by atoms with van der Waals surface area (Å²) in [7, 11) is 0. The Morgan fingerprint density at radius 1 is 1.04 bits per heavy atom. The van der Waals surface area contributed by atoms with Gasteiger partial charge >= 0.3 is 6.03 Å². The molecule has 2 rings (SSSR count). The fourth-order valence-electron chi connectivity index (χ4n) is 1.74. The van der Waals surface area contributed by atoms with Crippen LogP contribution >= 0.6 is 0 Å². The van der Waals surface area contributed by atoms with Crippen molar-refractivity contribution in [3.05, 3.63) is 54.1 Å². The molecule has 23 heavy (non-hydrogen) atoms. The molecule has 122 valence electrons. The third kappa shape index (κ3) is 5.14. The summed E-state index contributed by atoms with van der Waals surface area (Å²) in [6.07, 6.45) is 0. The zero-order chi connectivity index (χ0) is 16.7. The fraction of sp³-hybridized carbons (Fsp3) is 0.188. The summed E-state index contributed by atoms with van der Waals surface area (Å²) in [4.78, 5) is 11.6. The molecule has 2 amide bonds. The van der Waals surface area contributed by atoms with Crippen LogP contribution in [0.15, 0.2) is 42.5 Å². The van der Waals surface area contributed by atoms with Crippen LogP contribution in [-0.4, -0.2) is 19.4 Å². The van der Waals surface area contributed by atoms with Crippen molar-refractivity contribution >= 4 is 11.7 Å². The standard InChI is InChI=1S/C16H16F2N2O3/c1-2-22-12-4-6-13(7-5-12)23-10-19-16(21)20-15-9-11(17)3-8-14(15)18/h3-9H,2,10H2,1H3,(H2,19,20,21). The van der Waals surface area contributed by atoms with Crippen LogP contribution in [0.5, 0.6) is 11.5 Å². The van der Waals surface area contributed by atoms with Crippen molar-refractivity contribution in [2.24, 2.45) is 0 Å². The first-order valence-electron chi connectivity index (χ1n) is 6.94. The van der Waals surface area contributed by atoms with E-state index in [-0.39, 0.29) is 12.4 Å².